The maximum Gasteiger partial charge on any atom is 0.119 e. The maximum absolute atomic E-state index is 5.88. The largest absolute Gasteiger partial charge is 0.497 e. The minimum absolute atomic E-state index is 0.676. The molecule has 12 aromatic carbocycles. The number of hydrogen-bond donors (Lipinski definition) is 0. The smallest absolute Gasteiger partial charge is 0.119 e. The van der Waals surface area contributed by atoms with Gasteiger partial charge in [-0.25, -0.2) is 9.97 Å². The third-order valence-electron chi connectivity index (χ3n) is 17.1. The average molecular weight is 1290 g/mol. The number of aromatic nitrogens is 2. The normalized spacial score (nSPS) is 10.9. The number of rotatable bonds is 24. The zero-order chi connectivity index (χ0) is 67.5. The molecule has 486 valence electrons. The van der Waals surface area contributed by atoms with E-state index in [9.17, 15) is 0 Å². The van der Waals surface area contributed by atoms with Gasteiger partial charge in [0.2, 0.25) is 0 Å². The molecule has 0 amide bonds. The fourth-order valence-corrected chi connectivity index (χ4v) is 12.0. The van der Waals surface area contributed by atoms with E-state index < -0.39 is 0 Å². The van der Waals surface area contributed by atoms with Crippen molar-refractivity contribution >= 4 is 68.2 Å². The Kier molecular flexibility index (Phi) is 19.2. The van der Waals surface area contributed by atoms with Gasteiger partial charge in [0.25, 0.3) is 0 Å². The highest BCUT2D eigenvalue weighted by Gasteiger charge is 2.24. The van der Waals surface area contributed by atoms with Gasteiger partial charge in [0.1, 0.15) is 46.0 Å². The lowest BCUT2D eigenvalue weighted by Gasteiger charge is -2.27. The lowest BCUT2D eigenvalue weighted by atomic mass is 9.98. The van der Waals surface area contributed by atoms with E-state index in [2.05, 4.69) is 214 Å². The molecule has 0 saturated heterocycles. The van der Waals surface area contributed by atoms with E-state index in [0.717, 1.165) is 136 Å². The lowest BCUT2D eigenvalue weighted by molar-refractivity contribution is 0.414. The molecule has 98 heavy (non-hydrogen) atoms. The van der Waals surface area contributed by atoms with Crippen molar-refractivity contribution in [2.45, 2.75) is 0 Å². The second-order valence-corrected chi connectivity index (χ2v) is 22.7. The Hall–Kier alpha value is -12.7. The molecule has 0 aliphatic heterocycles. The summed E-state index contributed by atoms with van der Waals surface area (Å²) in [7, 11) is 13.4. The molecule has 13 rings (SSSR count). The van der Waals surface area contributed by atoms with Crippen molar-refractivity contribution in [2.24, 2.45) is 0 Å². The SMILES string of the molecule is COc1ccc(N(c2ccc(OC)cc2)c2ccc(-c3nc(-c4ccc(N(c5ccc(OC)cc5)c5ccc(OC)cc5)cc4)c(-c4ccc(N(c5ccc(OC)cc5)c5ccc(OC)cc5)cc4)nc3-c3ccc(N(c4ccc(OC)cc4)c4ccc(OC)cc4)cc3)cc2)cc1. The van der Waals surface area contributed by atoms with Crippen LogP contribution in [0.1, 0.15) is 0 Å². The first kappa shape index (κ1) is 64.0. The molecule has 0 bridgehead atoms. The Morgan fingerprint density at radius 2 is 0.255 bits per heavy atom. The number of anilines is 12. The monoisotopic (exact) mass is 1290 g/mol. The molecular formula is C84H72N6O8. The first-order valence-electron chi connectivity index (χ1n) is 31.8. The molecule has 0 radical (unpaired) electrons. The van der Waals surface area contributed by atoms with Crippen LogP contribution in [0, 0.1) is 0 Å². The van der Waals surface area contributed by atoms with Crippen LogP contribution in [0.5, 0.6) is 46.0 Å². The summed E-state index contributed by atoms with van der Waals surface area (Å²) in [6, 6.07) is 98.5. The third kappa shape index (κ3) is 13.7. The zero-order valence-corrected chi connectivity index (χ0v) is 55.7. The van der Waals surface area contributed by atoms with Crippen LogP contribution in [0.4, 0.5) is 68.2 Å². The molecule has 0 N–H and O–H groups in total. The Labute approximate surface area is 571 Å². The highest BCUT2D eigenvalue weighted by molar-refractivity contribution is 5.90. The molecule has 0 saturated carbocycles. The van der Waals surface area contributed by atoms with Gasteiger partial charge in [-0.2, -0.15) is 0 Å². The highest BCUT2D eigenvalue weighted by Crippen LogP contribution is 2.46. The Morgan fingerprint density at radius 1 is 0.153 bits per heavy atom. The Balaban J connectivity index is 1.01. The van der Waals surface area contributed by atoms with Crippen molar-refractivity contribution < 1.29 is 37.9 Å². The molecule has 0 fully saturated rings. The topological polar surface area (TPSA) is 113 Å². The maximum atomic E-state index is 5.88. The van der Waals surface area contributed by atoms with Gasteiger partial charge in [-0.05, 0) is 243 Å². The zero-order valence-electron chi connectivity index (χ0n) is 55.7. The predicted octanol–water partition coefficient (Wildman–Crippen LogP) is 21.1. The van der Waals surface area contributed by atoms with E-state index in [4.69, 9.17) is 47.9 Å². The fraction of sp³-hybridized carbons (Fsp3) is 0.0952. The average Bonchev–Trinajstić information content (AvgIpc) is 0.758. The molecule has 1 heterocycles. The third-order valence-corrected chi connectivity index (χ3v) is 17.1. The van der Waals surface area contributed by atoms with Crippen molar-refractivity contribution in [2.75, 3.05) is 76.5 Å². The van der Waals surface area contributed by atoms with E-state index in [1.165, 1.54) is 0 Å². The summed E-state index contributed by atoms with van der Waals surface area (Å²) < 4.78 is 44.8. The minimum Gasteiger partial charge on any atom is -0.497 e. The predicted molar refractivity (Wildman–Crippen MR) is 395 cm³/mol. The summed E-state index contributed by atoms with van der Waals surface area (Å²) in [5, 5.41) is 0. The molecule has 13 aromatic rings. The molecule has 14 heteroatoms. The Bertz CT molecular complexity index is 3960. The summed E-state index contributed by atoms with van der Waals surface area (Å²) in [4.78, 5) is 20.6. The van der Waals surface area contributed by atoms with Gasteiger partial charge in [-0.3, -0.25) is 0 Å². The van der Waals surface area contributed by atoms with E-state index in [1.54, 1.807) is 56.9 Å². The minimum atomic E-state index is 0.676. The van der Waals surface area contributed by atoms with Crippen LogP contribution in [-0.2, 0) is 0 Å². The molecule has 0 unspecified atom stereocenters. The summed E-state index contributed by atoms with van der Waals surface area (Å²) in [5.74, 6) is 6.06. The standard InChI is InChI=1S/C84H72N6O8/c1-91-73-41-25-65(26-42-73)87(66-27-43-74(92-2)44-28-66)61-17-9-57(10-18-61)81-82(58-11-19-62(20-12-58)88(67-29-45-75(93-3)46-30-67)68-31-47-76(94-4)48-32-68)86-84(60-15-23-64(24-16-60)90(71-37-53-79(97-7)54-38-71)72-39-55-80(98-8)56-40-72)83(85-81)59-13-21-63(22-14-59)89(69-33-49-77(95-5)50-34-69)70-35-51-78(96-6)52-36-70/h9-56H,1-8H3. The van der Waals surface area contributed by atoms with E-state index in [-0.39, 0.29) is 0 Å². The lowest BCUT2D eigenvalue weighted by Crippen LogP contribution is -2.10. The Morgan fingerprint density at radius 3 is 0.357 bits per heavy atom. The van der Waals surface area contributed by atoms with Gasteiger partial charge in [0, 0.05) is 90.5 Å². The summed E-state index contributed by atoms with van der Waals surface area (Å²) in [6.45, 7) is 0. The second-order valence-electron chi connectivity index (χ2n) is 22.7. The summed E-state index contributed by atoms with van der Waals surface area (Å²) in [6.07, 6.45) is 0. The highest BCUT2D eigenvalue weighted by atomic mass is 16.5. The van der Waals surface area contributed by atoms with Crippen LogP contribution in [0.15, 0.2) is 291 Å². The molecule has 1 aromatic heterocycles. The number of ether oxygens (including phenoxy) is 8. The van der Waals surface area contributed by atoms with Crippen LogP contribution in [-0.4, -0.2) is 66.8 Å². The van der Waals surface area contributed by atoms with Crippen LogP contribution in [0.25, 0.3) is 45.0 Å². The van der Waals surface area contributed by atoms with Crippen LogP contribution in [0.3, 0.4) is 0 Å². The molecule has 14 nitrogen and oxygen atoms in total. The van der Waals surface area contributed by atoms with Gasteiger partial charge in [0.05, 0.1) is 79.7 Å². The van der Waals surface area contributed by atoms with Gasteiger partial charge >= 0.3 is 0 Å². The summed E-state index contributed by atoms with van der Waals surface area (Å²) >= 11 is 0. The second kappa shape index (κ2) is 29.3. The van der Waals surface area contributed by atoms with Crippen molar-refractivity contribution in [1.29, 1.82) is 0 Å². The van der Waals surface area contributed by atoms with Crippen molar-refractivity contribution in [3.63, 3.8) is 0 Å². The summed E-state index contributed by atoms with van der Waals surface area (Å²) in [5.41, 5.74) is 17.3. The van der Waals surface area contributed by atoms with Gasteiger partial charge in [-0.15, -0.1) is 0 Å². The molecule has 0 aliphatic rings. The fourth-order valence-electron chi connectivity index (χ4n) is 12.0. The van der Waals surface area contributed by atoms with Crippen LogP contribution < -0.4 is 57.5 Å². The van der Waals surface area contributed by atoms with Gasteiger partial charge < -0.3 is 57.5 Å². The van der Waals surface area contributed by atoms with E-state index in [0.29, 0.717) is 22.8 Å². The van der Waals surface area contributed by atoms with Gasteiger partial charge in [-0.1, -0.05) is 48.5 Å². The molecule has 0 aliphatic carbocycles. The number of nitrogens with zero attached hydrogens (tertiary/aromatic N) is 6. The quantitative estimate of drug-likeness (QED) is 0.0572. The number of hydrogen-bond acceptors (Lipinski definition) is 14. The first-order valence-corrected chi connectivity index (χ1v) is 31.8. The van der Waals surface area contributed by atoms with Crippen LogP contribution >= 0.6 is 0 Å². The number of methoxy groups -OCH3 is 8. The van der Waals surface area contributed by atoms with Gasteiger partial charge in [0.15, 0.2) is 0 Å². The molecular weight excluding hydrogens is 1220 g/mol. The van der Waals surface area contributed by atoms with Crippen molar-refractivity contribution in [1.82, 2.24) is 9.97 Å². The number of benzene rings is 12. The van der Waals surface area contributed by atoms with Crippen molar-refractivity contribution in [3.8, 4) is 91.0 Å². The van der Waals surface area contributed by atoms with Crippen LogP contribution in [0.2, 0.25) is 0 Å². The molecule has 0 spiro atoms. The van der Waals surface area contributed by atoms with Crippen molar-refractivity contribution in [3.05, 3.63) is 291 Å². The molecule has 0 atom stereocenters. The van der Waals surface area contributed by atoms with E-state index in [1.807, 2.05) is 97.1 Å². The van der Waals surface area contributed by atoms with E-state index >= 15 is 0 Å². The first-order chi connectivity index (χ1) is 48.2.